The lowest BCUT2D eigenvalue weighted by atomic mass is 10.0. The summed E-state index contributed by atoms with van der Waals surface area (Å²) in [6, 6.07) is 18.6. The van der Waals surface area contributed by atoms with E-state index < -0.39 is 0 Å². The fraction of sp³-hybridized carbons (Fsp3) is 0.0952. The van der Waals surface area contributed by atoms with Crippen LogP contribution in [0.25, 0.3) is 22.2 Å². The predicted octanol–water partition coefficient (Wildman–Crippen LogP) is 3.91. The van der Waals surface area contributed by atoms with Crippen LogP contribution in [0, 0.1) is 0 Å². The zero-order valence-electron chi connectivity index (χ0n) is 14.7. The number of carbonyl (C=O) groups is 1. The fourth-order valence-electron chi connectivity index (χ4n) is 3.15. The Bertz CT molecular complexity index is 1180. The number of hydrogen-bond donors (Lipinski definition) is 1. The van der Waals surface area contributed by atoms with Crippen LogP contribution in [0.3, 0.4) is 0 Å². The van der Waals surface area contributed by atoms with E-state index in [1.807, 2.05) is 36.4 Å². The van der Waals surface area contributed by atoms with Crippen LogP contribution < -0.4 is 14.8 Å². The lowest BCUT2D eigenvalue weighted by molar-refractivity contribution is 0.102. The molecular formula is C21H15N3O4. The van der Waals surface area contributed by atoms with Crippen molar-refractivity contribution in [2.45, 2.75) is 0 Å². The first kappa shape index (κ1) is 16.3. The Morgan fingerprint density at radius 2 is 1.71 bits per heavy atom. The van der Waals surface area contributed by atoms with Crippen LogP contribution in [0.5, 0.6) is 11.5 Å². The molecule has 0 atom stereocenters. The highest BCUT2D eigenvalue weighted by atomic mass is 16.6. The summed E-state index contributed by atoms with van der Waals surface area (Å²) in [5.74, 6) is 1.28. The smallest absolute Gasteiger partial charge is 0.322 e. The van der Waals surface area contributed by atoms with E-state index >= 15 is 0 Å². The van der Waals surface area contributed by atoms with Gasteiger partial charge in [-0.05, 0) is 35.0 Å². The van der Waals surface area contributed by atoms with E-state index in [2.05, 4.69) is 15.5 Å². The highest BCUT2D eigenvalue weighted by molar-refractivity contribution is 6.12. The maximum Gasteiger partial charge on any atom is 0.322 e. The number of rotatable bonds is 3. The van der Waals surface area contributed by atoms with Crippen LogP contribution in [0.4, 0.5) is 6.01 Å². The second-order valence-electron chi connectivity index (χ2n) is 6.25. The van der Waals surface area contributed by atoms with Gasteiger partial charge in [-0.2, -0.15) is 0 Å². The monoisotopic (exact) mass is 373 g/mol. The highest BCUT2D eigenvalue weighted by Crippen LogP contribution is 2.34. The summed E-state index contributed by atoms with van der Waals surface area (Å²) in [6.07, 6.45) is 0. The molecule has 1 aliphatic rings. The van der Waals surface area contributed by atoms with Crippen molar-refractivity contribution in [1.82, 2.24) is 10.2 Å². The number of anilines is 1. The third-order valence-corrected chi connectivity index (χ3v) is 4.47. The average Bonchev–Trinajstić information content (AvgIpc) is 3.21. The Kier molecular flexibility index (Phi) is 3.90. The molecule has 4 aromatic rings. The molecule has 0 spiro atoms. The highest BCUT2D eigenvalue weighted by Gasteiger charge is 2.17. The summed E-state index contributed by atoms with van der Waals surface area (Å²) in [7, 11) is 0. The molecule has 28 heavy (non-hydrogen) atoms. The zero-order chi connectivity index (χ0) is 18.9. The topological polar surface area (TPSA) is 86.5 Å². The Morgan fingerprint density at radius 3 is 2.64 bits per heavy atom. The van der Waals surface area contributed by atoms with Crippen LogP contribution >= 0.6 is 0 Å². The summed E-state index contributed by atoms with van der Waals surface area (Å²) in [4.78, 5) is 12.7. The summed E-state index contributed by atoms with van der Waals surface area (Å²) < 4.78 is 16.7. The first-order valence-corrected chi connectivity index (χ1v) is 8.80. The van der Waals surface area contributed by atoms with Gasteiger partial charge >= 0.3 is 6.01 Å². The van der Waals surface area contributed by atoms with Crippen molar-refractivity contribution in [2.75, 3.05) is 18.5 Å². The summed E-state index contributed by atoms with van der Waals surface area (Å²) >= 11 is 0. The summed E-state index contributed by atoms with van der Waals surface area (Å²) in [5.41, 5.74) is 1.22. The van der Waals surface area contributed by atoms with Crippen molar-refractivity contribution in [2.24, 2.45) is 0 Å². The molecule has 1 amide bonds. The van der Waals surface area contributed by atoms with Crippen LogP contribution in [0.15, 0.2) is 65.1 Å². The average molecular weight is 373 g/mol. The van der Waals surface area contributed by atoms with Gasteiger partial charge in [0.2, 0.25) is 5.89 Å². The third kappa shape index (κ3) is 2.92. The van der Waals surface area contributed by atoms with E-state index in [-0.39, 0.29) is 17.8 Å². The van der Waals surface area contributed by atoms with Gasteiger partial charge in [0.05, 0.1) is 0 Å². The quantitative estimate of drug-likeness (QED) is 0.586. The van der Waals surface area contributed by atoms with Crippen molar-refractivity contribution in [3.05, 3.63) is 66.2 Å². The van der Waals surface area contributed by atoms with Gasteiger partial charge in [0, 0.05) is 11.1 Å². The van der Waals surface area contributed by atoms with Gasteiger partial charge in [0.1, 0.15) is 13.2 Å². The van der Waals surface area contributed by atoms with E-state index in [1.54, 1.807) is 24.3 Å². The van der Waals surface area contributed by atoms with Gasteiger partial charge in [0.15, 0.2) is 11.5 Å². The number of nitrogens with zero attached hydrogens (tertiary/aromatic N) is 2. The van der Waals surface area contributed by atoms with Crippen LogP contribution in [0.1, 0.15) is 10.4 Å². The maximum atomic E-state index is 12.7. The second kappa shape index (κ2) is 6.70. The summed E-state index contributed by atoms with van der Waals surface area (Å²) in [5, 5.41) is 12.5. The minimum Gasteiger partial charge on any atom is -0.486 e. The molecule has 0 radical (unpaired) electrons. The first-order valence-electron chi connectivity index (χ1n) is 8.80. The molecule has 0 unspecified atom stereocenters. The molecular weight excluding hydrogens is 358 g/mol. The van der Waals surface area contributed by atoms with Crippen LogP contribution in [-0.2, 0) is 0 Å². The molecule has 1 N–H and O–H groups in total. The van der Waals surface area contributed by atoms with Crippen molar-refractivity contribution in [3.8, 4) is 23.0 Å². The summed E-state index contributed by atoms with van der Waals surface area (Å²) in [6.45, 7) is 1.02. The van der Waals surface area contributed by atoms with E-state index in [1.165, 1.54) is 0 Å². The first-order chi connectivity index (χ1) is 13.8. The van der Waals surface area contributed by atoms with Crippen LogP contribution in [0.2, 0.25) is 0 Å². The Balaban J connectivity index is 1.40. The molecule has 1 aromatic heterocycles. The number of nitrogens with one attached hydrogen (secondary N) is 1. The molecule has 3 aromatic carbocycles. The molecule has 1 aliphatic heterocycles. The second-order valence-corrected chi connectivity index (χ2v) is 6.25. The SMILES string of the molecule is O=C(Nc1nnc(-c2ccc3c(c2)OCCO3)o1)c1cccc2ccccc12. The van der Waals surface area contributed by atoms with E-state index in [0.717, 1.165) is 10.8 Å². The number of fused-ring (bicyclic) bond motifs is 2. The van der Waals surface area contributed by atoms with Gasteiger partial charge < -0.3 is 13.9 Å². The van der Waals surface area contributed by atoms with Crippen LogP contribution in [-0.4, -0.2) is 29.3 Å². The molecule has 0 bridgehead atoms. The van der Waals surface area contributed by atoms with E-state index in [9.17, 15) is 4.79 Å². The minimum atomic E-state index is -0.311. The molecule has 7 heteroatoms. The maximum absolute atomic E-state index is 12.7. The van der Waals surface area contributed by atoms with Gasteiger partial charge in [-0.15, -0.1) is 5.10 Å². The van der Waals surface area contributed by atoms with Crippen molar-refractivity contribution >= 4 is 22.7 Å². The van der Waals surface area contributed by atoms with Crippen molar-refractivity contribution in [1.29, 1.82) is 0 Å². The van der Waals surface area contributed by atoms with Gasteiger partial charge in [-0.1, -0.05) is 41.5 Å². The Morgan fingerprint density at radius 1 is 0.893 bits per heavy atom. The van der Waals surface area contributed by atoms with Gasteiger partial charge in [-0.25, -0.2) is 0 Å². The van der Waals surface area contributed by atoms with Crippen molar-refractivity contribution < 1.29 is 18.7 Å². The molecule has 0 fully saturated rings. The van der Waals surface area contributed by atoms with E-state index in [0.29, 0.717) is 35.8 Å². The van der Waals surface area contributed by atoms with Crippen molar-refractivity contribution in [3.63, 3.8) is 0 Å². The lowest BCUT2D eigenvalue weighted by Gasteiger charge is -2.18. The number of ether oxygens (including phenoxy) is 2. The fourth-order valence-corrected chi connectivity index (χ4v) is 3.15. The molecule has 5 rings (SSSR count). The largest absolute Gasteiger partial charge is 0.486 e. The lowest BCUT2D eigenvalue weighted by Crippen LogP contribution is -2.15. The molecule has 138 valence electrons. The number of benzene rings is 3. The number of carbonyl (C=O) groups excluding carboxylic acids is 1. The number of hydrogen-bond acceptors (Lipinski definition) is 6. The molecule has 0 aliphatic carbocycles. The third-order valence-electron chi connectivity index (χ3n) is 4.47. The minimum absolute atomic E-state index is 0.0304. The number of aromatic nitrogens is 2. The molecule has 2 heterocycles. The van der Waals surface area contributed by atoms with Gasteiger partial charge in [-0.3, -0.25) is 10.1 Å². The van der Waals surface area contributed by atoms with Gasteiger partial charge in [0.25, 0.3) is 5.91 Å². The van der Waals surface area contributed by atoms with E-state index in [4.69, 9.17) is 13.9 Å². The number of amides is 1. The standard InChI is InChI=1S/C21H15N3O4/c25-19(16-7-3-5-13-4-1-2-6-15(13)16)22-21-24-23-20(28-21)14-8-9-17-18(12-14)27-11-10-26-17/h1-9,12H,10-11H2,(H,22,24,25). The zero-order valence-corrected chi connectivity index (χ0v) is 14.7. The normalized spacial score (nSPS) is 12.7. The molecule has 0 saturated heterocycles. The Hall–Kier alpha value is -3.87. The Labute approximate surface area is 159 Å². The molecule has 7 nitrogen and oxygen atoms in total. The predicted molar refractivity (Wildman–Crippen MR) is 103 cm³/mol. The molecule has 0 saturated carbocycles.